The number of fused-ring (bicyclic) bond motifs is 3. The van der Waals surface area contributed by atoms with Crippen LogP contribution in [-0.2, 0) is 0 Å². The number of pyridine rings is 1. The van der Waals surface area contributed by atoms with Gasteiger partial charge in [0, 0.05) is 24.8 Å². The average molecular weight is 353 g/mol. The van der Waals surface area contributed by atoms with Gasteiger partial charge in [0.25, 0.3) is 11.5 Å². The van der Waals surface area contributed by atoms with Crippen molar-refractivity contribution in [3.05, 3.63) is 58.5 Å². The van der Waals surface area contributed by atoms with E-state index in [2.05, 4.69) is 10.2 Å². The van der Waals surface area contributed by atoms with E-state index in [9.17, 15) is 9.59 Å². The summed E-state index contributed by atoms with van der Waals surface area (Å²) in [6.07, 6.45) is 3.88. The van der Waals surface area contributed by atoms with Gasteiger partial charge in [0.05, 0.1) is 18.4 Å². The third kappa shape index (κ3) is 3.12. The van der Waals surface area contributed by atoms with Gasteiger partial charge >= 0.3 is 0 Å². The molecule has 1 amide bonds. The highest BCUT2D eigenvalue weighted by Gasteiger charge is 2.35. The molecule has 2 bridgehead atoms. The van der Waals surface area contributed by atoms with Gasteiger partial charge in [-0.2, -0.15) is 0 Å². The van der Waals surface area contributed by atoms with Crippen molar-refractivity contribution in [1.29, 1.82) is 0 Å². The van der Waals surface area contributed by atoms with Gasteiger partial charge in [-0.15, -0.1) is 0 Å². The molecule has 1 unspecified atom stereocenters. The molecule has 0 saturated carbocycles. The van der Waals surface area contributed by atoms with Gasteiger partial charge in [0.1, 0.15) is 5.75 Å². The highest BCUT2D eigenvalue weighted by molar-refractivity contribution is 5.94. The number of hydrogen-bond donors (Lipinski definition) is 1. The van der Waals surface area contributed by atoms with Gasteiger partial charge < -0.3 is 15.0 Å². The van der Waals surface area contributed by atoms with Gasteiger partial charge in [-0.3, -0.25) is 14.2 Å². The van der Waals surface area contributed by atoms with Crippen LogP contribution in [0.25, 0.3) is 5.69 Å². The highest BCUT2D eigenvalue weighted by atomic mass is 16.5. The van der Waals surface area contributed by atoms with Gasteiger partial charge in [-0.1, -0.05) is 12.1 Å². The normalized spacial score (nSPS) is 24.3. The van der Waals surface area contributed by atoms with E-state index in [-0.39, 0.29) is 17.5 Å². The number of rotatable bonds is 4. The van der Waals surface area contributed by atoms with Crippen molar-refractivity contribution in [2.45, 2.75) is 18.9 Å². The van der Waals surface area contributed by atoms with Crippen LogP contribution in [0.2, 0.25) is 0 Å². The largest absolute Gasteiger partial charge is 0.495 e. The topological polar surface area (TPSA) is 63.6 Å². The summed E-state index contributed by atoms with van der Waals surface area (Å²) in [5.74, 6) is 1.01. The molecule has 6 heteroatoms. The maximum Gasteiger partial charge on any atom is 0.255 e. The Kier molecular flexibility index (Phi) is 4.51. The molecule has 26 heavy (non-hydrogen) atoms. The van der Waals surface area contributed by atoms with Gasteiger partial charge in [-0.05, 0) is 50.0 Å². The van der Waals surface area contributed by atoms with Crippen LogP contribution in [-0.4, -0.2) is 48.2 Å². The Hall–Kier alpha value is -2.60. The molecule has 6 nitrogen and oxygen atoms in total. The average Bonchev–Trinajstić information content (AvgIpc) is 2.69. The lowest BCUT2D eigenvalue weighted by atomic mass is 9.84. The minimum absolute atomic E-state index is 0.132. The number of nitrogens with one attached hydrogen (secondary N) is 1. The molecule has 136 valence electrons. The lowest BCUT2D eigenvalue weighted by molar-refractivity contribution is 0.0620. The number of carbonyl (C=O) groups is 1. The van der Waals surface area contributed by atoms with E-state index in [1.807, 2.05) is 12.1 Å². The quantitative estimate of drug-likeness (QED) is 0.908. The minimum atomic E-state index is -0.200. The van der Waals surface area contributed by atoms with Crippen LogP contribution in [0, 0.1) is 5.92 Å². The summed E-state index contributed by atoms with van der Waals surface area (Å²) < 4.78 is 6.81. The molecule has 3 aliphatic rings. The fourth-order valence-corrected chi connectivity index (χ4v) is 4.02. The molecule has 3 saturated heterocycles. The van der Waals surface area contributed by atoms with Crippen LogP contribution in [0.4, 0.5) is 0 Å². The fraction of sp³-hybridized carbons (Fsp3) is 0.400. The molecule has 3 fully saturated rings. The Balaban J connectivity index is 1.59. The van der Waals surface area contributed by atoms with E-state index in [1.54, 1.807) is 31.5 Å². The monoisotopic (exact) mass is 353 g/mol. The molecule has 2 aromatic rings. The number of hydrogen-bond acceptors (Lipinski definition) is 4. The second-order valence-corrected chi connectivity index (χ2v) is 7.02. The SMILES string of the molecule is COc1ccccc1-n1cc(C(=O)NC2CN3CCC2CC3)ccc1=O. The van der Waals surface area contributed by atoms with Crippen LogP contribution < -0.4 is 15.6 Å². The maximum atomic E-state index is 12.8. The molecule has 1 aromatic heterocycles. The van der Waals surface area contributed by atoms with E-state index in [4.69, 9.17) is 4.74 Å². The Morgan fingerprint density at radius 2 is 1.92 bits per heavy atom. The van der Waals surface area contributed by atoms with Crippen molar-refractivity contribution in [2.24, 2.45) is 5.92 Å². The number of para-hydroxylation sites is 2. The van der Waals surface area contributed by atoms with Crippen LogP contribution in [0.15, 0.2) is 47.4 Å². The van der Waals surface area contributed by atoms with Crippen molar-refractivity contribution in [1.82, 2.24) is 14.8 Å². The molecule has 3 aliphatic heterocycles. The van der Waals surface area contributed by atoms with Crippen LogP contribution in [0.3, 0.4) is 0 Å². The second kappa shape index (κ2) is 6.96. The molecular weight excluding hydrogens is 330 g/mol. The van der Waals surface area contributed by atoms with Crippen LogP contribution >= 0.6 is 0 Å². The molecule has 1 N–H and O–H groups in total. The third-order valence-electron chi connectivity index (χ3n) is 5.49. The molecule has 4 heterocycles. The van der Waals surface area contributed by atoms with Crippen molar-refractivity contribution < 1.29 is 9.53 Å². The summed E-state index contributed by atoms with van der Waals surface area (Å²) >= 11 is 0. The van der Waals surface area contributed by atoms with Crippen molar-refractivity contribution in [2.75, 3.05) is 26.7 Å². The Bertz CT molecular complexity index is 869. The zero-order valence-corrected chi connectivity index (χ0v) is 14.9. The lowest BCUT2D eigenvalue weighted by Crippen LogP contribution is -2.57. The van der Waals surface area contributed by atoms with E-state index in [0.717, 1.165) is 32.5 Å². The number of nitrogens with zero attached hydrogens (tertiary/aromatic N) is 2. The Morgan fingerprint density at radius 1 is 1.15 bits per heavy atom. The first-order chi connectivity index (χ1) is 12.7. The van der Waals surface area contributed by atoms with Crippen molar-refractivity contribution in [3.63, 3.8) is 0 Å². The third-order valence-corrected chi connectivity index (χ3v) is 5.49. The number of methoxy groups -OCH3 is 1. The molecule has 1 aromatic carbocycles. The van der Waals surface area contributed by atoms with Crippen LogP contribution in [0.1, 0.15) is 23.2 Å². The van der Waals surface area contributed by atoms with Crippen molar-refractivity contribution >= 4 is 5.91 Å². The summed E-state index contributed by atoms with van der Waals surface area (Å²) in [6, 6.07) is 10.5. The number of amides is 1. The highest BCUT2D eigenvalue weighted by Crippen LogP contribution is 2.27. The van der Waals surface area contributed by atoms with E-state index < -0.39 is 0 Å². The van der Waals surface area contributed by atoms with Crippen LogP contribution in [0.5, 0.6) is 5.75 Å². The van der Waals surface area contributed by atoms with Gasteiger partial charge in [-0.25, -0.2) is 0 Å². The molecule has 0 radical (unpaired) electrons. The second-order valence-electron chi connectivity index (χ2n) is 7.02. The number of aromatic nitrogens is 1. The first-order valence-corrected chi connectivity index (χ1v) is 9.05. The molecule has 1 atom stereocenters. The first kappa shape index (κ1) is 16.8. The number of ether oxygens (including phenoxy) is 1. The molecule has 5 rings (SSSR count). The molecule has 0 spiro atoms. The van der Waals surface area contributed by atoms with E-state index in [1.165, 1.54) is 10.6 Å². The predicted molar refractivity (Wildman–Crippen MR) is 99.0 cm³/mol. The fourth-order valence-electron chi connectivity index (χ4n) is 4.02. The summed E-state index contributed by atoms with van der Waals surface area (Å²) in [7, 11) is 1.56. The van der Waals surface area contributed by atoms with E-state index in [0.29, 0.717) is 22.9 Å². The lowest BCUT2D eigenvalue weighted by Gasteiger charge is -2.44. The zero-order valence-electron chi connectivity index (χ0n) is 14.9. The molecular formula is C20H23N3O3. The zero-order chi connectivity index (χ0) is 18.1. The summed E-state index contributed by atoms with van der Waals surface area (Å²) in [6.45, 7) is 3.19. The maximum absolute atomic E-state index is 12.8. The molecule has 0 aliphatic carbocycles. The van der Waals surface area contributed by atoms with Crippen molar-refractivity contribution in [3.8, 4) is 11.4 Å². The smallest absolute Gasteiger partial charge is 0.255 e. The van der Waals surface area contributed by atoms with Gasteiger partial charge in [0.2, 0.25) is 0 Å². The predicted octanol–water partition coefficient (Wildman–Crippen LogP) is 1.67. The summed E-state index contributed by atoms with van der Waals surface area (Å²) in [5, 5.41) is 3.17. The van der Waals surface area contributed by atoms with Gasteiger partial charge in [0.15, 0.2) is 0 Å². The number of benzene rings is 1. The number of carbonyl (C=O) groups excluding carboxylic acids is 1. The van der Waals surface area contributed by atoms with E-state index >= 15 is 0 Å². The first-order valence-electron chi connectivity index (χ1n) is 9.05. The Labute approximate surface area is 152 Å². The Morgan fingerprint density at radius 3 is 2.62 bits per heavy atom. The number of piperidine rings is 3. The standard InChI is InChI=1S/C20H23N3O3/c1-26-18-5-3-2-4-17(18)23-12-15(6-7-19(23)24)20(25)21-16-13-22-10-8-14(16)9-11-22/h2-7,12,14,16H,8-11,13H2,1H3,(H,21,25). The summed E-state index contributed by atoms with van der Waals surface area (Å²) in [4.78, 5) is 27.5. The summed E-state index contributed by atoms with van der Waals surface area (Å²) in [5.41, 5.74) is 0.901. The minimum Gasteiger partial charge on any atom is -0.495 e.